The Labute approximate surface area is 193 Å². The van der Waals surface area contributed by atoms with Crippen molar-refractivity contribution in [3.63, 3.8) is 0 Å². The first-order chi connectivity index (χ1) is 15.5. The van der Waals surface area contributed by atoms with E-state index in [0.717, 1.165) is 36.1 Å². The third kappa shape index (κ3) is 6.14. The maximum atomic E-state index is 12.7. The van der Waals surface area contributed by atoms with Crippen LogP contribution in [0.4, 0.5) is 13.2 Å². The van der Waals surface area contributed by atoms with E-state index in [-0.39, 0.29) is 11.3 Å². The number of aromatic amines is 1. The SMILES string of the molecule is Cc1cc2[nH]c(C(=O)NCC3(c4ccccc4)CCN(C)CC3)cc2s1.O=C(O)C(F)(F)F. The summed E-state index contributed by atoms with van der Waals surface area (Å²) in [7, 11) is 2.17. The van der Waals surface area contributed by atoms with Crippen LogP contribution in [0.2, 0.25) is 0 Å². The molecule has 33 heavy (non-hydrogen) atoms. The van der Waals surface area contributed by atoms with Gasteiger partial charge in [0, 0.05) is 16.8 Å². The molecule has 1 aliphatic heterocycles. The molecule has 0 unspecified atom stereocenters. The number of carbonyl (C=O) groups is 2. The van der Waals surface area contributed by atoms with Gasteiger partial charge in [0.05, 0.1) is 10.2 Å². The van der Waals surface area contributed by atoms with E-state index in [1.54, 1.807) is 11.3 Å². The average molecular weight is 482 g/mol. The molecular formula is C23H26F3N3O3S. The number of aromatic nitrogens is 1. The number of carboxylic acids is 1. The third-order valence-electron chi connectivity index (χ3n) is 5.83. The molecule has 1 fully saturated rings. The van der Waals surface area contributed by atoms with Crippen LogP contribution in [0.25, 0.3) is 10.2 Å². The molecule has 3 heterocycles. The highest BCUT2D eigenvalue weighted by molar-refractivity contribution is 7.19. The summed E-state index contributed by atoms with van der Waals surface area (Å²) in [6.45, 7) is 4.88. The van der Waals surface area contributed by atoms with Crippen molar-refractivity contribution in [1.29, 1.82) is 0 Å². The molecule has 0 atom stereocenters. The van der Waals surface area contributed by atoms with Crippen LogP contribution in [0.1, 0.15) is 33.8 Å². The number of alkyl halides is 3. The zero-order valence-corrected chi connectivity index (χ0v) is 19.1. The summed E-state index contributed by atoms with van der Waals surface area (Å²) in [5.41, 5.74) is 3.05. The number of H-pyrrole nitrogens is 1. The van der Waals surface area contributed by atoms with Crippen molar-refractivity contribution in [2.45, 2.75) is 31.4 Å². The minimum absolute atomic E-state index is 0.0136. The van der Waals surface area contributed by atoms with Gasteiger partial charge in [-0.3, -0.25) is 4.79 Å². The Morgan fingerprint density at radius 2 is 1.79 bits per heavy atom. The van der Waals surface area contributed by atoms with Gasteiger partial charge in [-0.15, -0.1) is 11.3 Å². The summed E-state index contributed by atoms with van der Waals surface area (Å²) in [5.74, 6) is -2.77. The maximum absolute atomic E-state index is 12.7. The highest BCUT2D eigenvalue weighted by atomic mass is 32.1. The van der Waals surface area contributed by atoms with Crippen molar-refractivity contribution in [2.24, 2.45) is 0 Å². The summed E-state index contributed by atoms with van der Waals surface area (Å²) >= 11 is 1.72. The second-order valence-corrected chi connectivity index (χ2v) is 9.54. The van der Waals surface area contributed by atoms with E-state index in [9.17, 15) is 18.0 Å². The number of nitrogens with zero attached hydrogens (tertiary/aromatic N) is 1. The second kappa shape index (κ2) is 9.96. The van der Waals surface area contributed by atoms with Crippen molar-refractivity contribution >= 4 is 33.4 Å². The normalized spacial score (nSPS) is 16.2. The number of halogens is 3. The summed E-state index contributed by atoms with van der Waals surface area (Å²) in [5, 5.41) is 10.3. The van der Waals surface area contributed by atoms with Gasteiger partial charge >= 0.3 is 12.1 Å². The molecule has 10 heteroatoms. The summed E-state index contributed by atoms with van der Waals surface area (Å²) in [6.07, 6.45) is -2.96. The molecule has 1 aromatic carbocycles. The molecule has 2 aromatic heterocycles. The lowest BCUT2D eigenvalue weighted by atomic mass is 9.72. The van der Waals surface area contributed by atoms with Crippen molar-refractivity contribution < 1.29 is 27.9 Å². The number of nitrogens with one attached hydrogen (secondary N) is 2. The molecular weight excluding hydrogens is 455 g/mol. The number of piperidine rings is 1. The Hall–Kier alpha value is -2.85. The number of fused-ring (bicyclic) bond motifs is 1. The molecule has 0 aliphatic carbocycles. The summed E-state index contributed by atoms with van der Waals surface area (Å²) in [6, 6.07) is 14.7. The number of likely N-dealkylation sites (tertiary alicyclic amines) is 1. The second-order valence-electron chi connectivity index (χ2n) is 8.25. The van der Waals surface area contributed by atoms with E-state index in [1.165, 1.54) is 10.4 Å². The van der Waals surface area contributed by atoms with E-state index >= 15 is 0 Å². The largest absolute Gasteiger partial charge is 0.490 e. The lowest BCUT2D eigenvalue weighted by molar-refractivity contribution is -0.192. The first-order valence-corrected chi connectivity index (χ1v) is 11.2. The van der Waals surface area contributed by atoms with Gasteiger partial charge in [0.15, 0.2) is 0 Å². The van der Waals surface area contributed by atoms with Crippen molar-refractivity contribution in [3.05, 3.63) is 58.6 Å². The molecule has 178 valence electrons. The smallest absolute Gasteiger partial charge is 0.475 e. The molecule has 0 spiro atoms. The Balaban J connectivity index is 0.000000383. The molecule has 1 aliphatic rings. The van der Waals surface area contributed by atoms with Gasteiger partial charge in [0.25, 0.3) is 5.91 Å². The minimum Gasteiger partial charge on any atom is -0.475 e. The number of hydrogen-bond acceptors (Lipinski definition) is 4. The van der Waals surface area contributed by atoms with E-state index in [2.05, 4.69) is 65.6 Å². The number of benzene rings is 1. The molecule has 3 aromatic rings. The van der Waals surface area contributed by atoms with Crippen molar-refractivity contribution in [3.8, 4) is 0 Å². The van der Waals surface area contributed by atoms with Crippen molar-refractivity contribution in [2.75, 3.05) is 26.7 Å². The zero-order chi connectivity index (χ0) is 24.2. The van der Waals surface area contributed by atoms with E-state index < -0.39 is 12.1 Å². The number of thiophene rings is 1. The lowest BCUT2D eigenvalue weighted by Crippen LogP contribution is -2.48. The van der Waals surface area contributed by atoms with Crippen LogP contribution >= 0.6 is 11.3 Å². The van der Waals surface area contributed by atoms with Crippen LogP contribution < -0.4 is 5.32 Å². The quantitative estimate of drug-likeness (QED) is 0.510. The highest BCUT2D eigenvalue weighted by Crippen LogP contribution is 2.35. The van der Waals surface area contributed by atoms with Gasteiger partial charge in [-0.2, -0.15) is 13.2 Å². The fourth-order valence-electron chi connectivity index (χ4n) is 3.92. The minimum atomic E-state index is -5.08. The topological polar surface area (TPSA) is 85.4 Å². The average Bonchev–Trinajstić information content (AvgIpc) is 3.31. The number of aryl methyl sites for hydroxylation is 1. The molecule has 1 amide bonds. The predicted molar refractivity (Wildman–Crippen MR) is 122 cm³/mol. The Kier molecular flexibility index (Phi) is 7.48. The van der Waals surface area contributed by atoms with E-state index in [0.29, 0.717) is 12.2 Å². The Morgan fingerprint density at radius 3 is 2.33 bits per heavy atom. The van der Waals surface area contributed by atoms with Gasteiger partial charge in [0.2, 0.25) is 0 Å². The van der Waals surface area contributed by atoms with E-state index in [4.69, 9.17) is 9.90 Å². The maximum Gasteiger partial charge on any atom is 0.490 e. The fourth-order valence-corrected chi connectivity index (χ4v) is 4.84. The molecule has 1 saturated heterocycles. The summed E-state index contributed by atoms with van der Waals surface area (Å²) in [4.78, 5) is 28.5. The van der Waals surface area contributed by atoms with E-state index in [1.807, 2.05) is 6.07 Å². The number of rotatable bonds is 4. The van der Waals surface area contributed by atoms with Crippen LogP contribution in [-0.4, -0.2) is 59.7 Å². The van der Waals surface area contributed by atoms with Crippen LogP contribution in [0.3, 0.4) is 0 Å². The molecule has 0 saturated carbocycles. The Bertz CT molecular complexity index is 1070. The monoisotopic (exact) mass is 481 g/mol. The number of amides is 1. The zero-order valence-electron chi connectivity index (χ0n) is 18.3. The molecule has 0 radical (unpaired) electrons. The van der Waals surface area contributed by atoms with Gasteiger partial charge < -0.3 is 20.3 Å². The predicted octanol–water partition coefficient (Wildman–Crippen LogP) is 4.56. The van der Waals surface area contributed by atoms with Crippen LogP contribution in [0.5, 0.6) is 0 Å². The lowest BCUT2D eigenvalue weighted by Gasteiger charge is -2.41. The first-order valence-electron chi connectivity index (χ1n) is 10.4. The molecule has 0 bridgehead atoms. The van der Waals surface area contributed by atoms with Gasteiger partial charge in [-0.05, 0) is 57.6 Å². The number of hydrogen-bond donors (Lipinski definition) is 3. The number of aliphatic carboxylic acids is 1. The fraction of sp³-hybridized carbons (Fsp3) is 0.391. The summed E-state index contributed by atoms with van der Waals surface area (Å²) < 4.78 is 32.9. The number of carboxylic acid groups (broad SMARTS) is 1. The Morgan fingerprint density at radius 1 is 1.18 bits per heavy atom. The standard InChI is InChI=1S/C21H25N3OS.C2HF3O2/c1-15-12-17-19(26-15)13-18(23-17)20(25)22-14-21(8-10-24(2)11-9-21)16-6-4-3-5-7-16;3-2(4,5)1(6)7/h3-7,12-13,23H,8-11,14H2,1-2H3,(H,22,25);(H,6,7). The first kappa shape index (κ1) is 24.8. The number of carbonyl (C=O) groups excluding carboxylic acids is 1. The van der Waals surface area contributed by atoms with Gasteiger partial charge in [-0.1, -0.05) is 30.3 Å². The highest BCUT2D eigenvalue weighted by Gasteiger charge is 2.38. The van der Waals surface area contributed by atoms with Gasteiger partial charge in [0.1, 0.15) is 5.69 Å². The molecule has 3 N–H and O–H groups in total. The van der Waals surface area contributed by atoms with Crippen molar-refractivity contribution in [1.82, 2.24) is 15.2 Å². The third-order valence-corrected chi connectivity index (χ3v) is 6.83. The van der Waals surface area contributed by atoms with Crippen LogP contribution in [0, 0.1) is 6.92 Å². The van der Waals surface area contributed by atoms with Crippen LogP contribution in [0.15, 0.2) is 42.5 Å². The van der Waals surface area contributed by atoms with Crippen LogP contribution in [-0.2, 0) is 10.2 Å². The van der Waals surface area contributed by atoms with Gasteiger partial charge in [-0.25, -0.2) is 4.79 Å². The molecule has 4 rings (SSSR count). The molecule has 6 nitrogen and oxygen atoms in total.